The Labute approximate surface area is 107 Å². The average Bonchev–Trinajstić information content (AvgIpc) is 2.29. The second-order valence-corrected chi connectivity index (χ2v) is 4.91. The van der Waals surface area contributed by atoms with Gasteiger partial charge >= 0.3 is 0 Å². The first-order chi connectivity index (χ1) is 8.32. The summed E-state index contributed by atoms with van der Waals surface area (Å²) in [5, 5.41) is 19.0. The number of thioether (sulfide) groups is 1. The molecule has 0 heterocycles. The van der Waals surface area contributed by atoms with E-state index in [0.29, 0.717) is 0 Å². The molecule has 0 aliphatic heterocycles. The quantitative estimate of drug-likeness (QED) is 0.721. The maximum Gasteiger partial charge on any atom is 0.185 e. The van der Waals surface area contributed by atoms with Gasteiger partial charge in [-0.1, -0.05) is 11.8 Å². The van der Waals surface area contributed by atoms with E-state index in [1.165, 1.54) is 6.92 Å². The molecule has 0 aliphatic rings. The maximum atomic E-state index is 13.4. The van der Waals surface area contributed by atoms with Crippen molar-refractivity contribution < 1.29 is 23.8 Å². The van der Waals surface area contributed by atoms with Gasteiger partial charge < -0.3 is 15.9 Å². The summed E-state index contributed by atoms with van der Waals surface area (Å²) in [5.74, 6) is -1.90. The highest BCUT2D eigenvalue weighted by Gasteiger charge is 2.23. The maximum absolute atomic E-state index is 13.4. The molecule has 0 spiro atoms. The van der Waals surface area contributed by atoms with Gasteiger partial charge in [-0.3, -0.25) is 4.79 Å². The minimum atomic E-state index is -1.62. The van der Waals surface area contributed by atoms with Crippen LogP contribution in [-0.2, 0) is 4.79 Å². The fraction of sp³-hybridized carbons (Fsp3) is 0.364. The molecule has 4 N–H and O–H groups in total. The number of carbonyl (C=O) groups is 1. The largest absolute Gasteiger partial charge is 0.396 e. The van der Waals surface area contributed by atoms with E-state index in [0.717, 1.165) is 23.9 Å². The molecule has 1 aromatic rings. The smallest absolute Gasteiger partial charge is 0.185 e. The molecule has 0 bridgehead atoms. The van der Waals surface area contributed by atoms with Crippen LogP contribution >= 0.6 is 11.8 Å². The molecule has 7 heteroatoms. The highest BCUT2D eigenvalue weighted by molar-refractivity contribution is 8.13. The Kier molecular flexibility index (Phi) is 5.06. The number of rotatable bonds is 4. The number of hydrogen-bond acceptors (Lipinski definition) is 5. The van der Waals surface area contributed by atoms with Gasteiger partial charge in [-0.15, -0.1) is 0 Å². The van der Waals surface area contributed by atoms with Crippen LogP contribution in [0.1, 0.15) is 18.6 Å². The minimum absolute atomic E-state index is 0.109. The van der Waals surface area contributed by atoms with Gasteiger partial charge in [-0.05, 0) is 6.07 Å². The monoisotopic (exact) mass is 277 g/mol. The summed E-state index contributed by atoms with van der Waals surface area (Å²) in [6.45, 7) is 1.30. The Morgan fingerprint density at radius 3 is 2.56 bits per heavy atom. The summed E-state index contributed by atoms with van der Waals surface area (Å²) in [5.41, 5.74) is 4.39. The Morgan fingerprint density at radius 2 is 2.00 bits per heavy atom. The standard InChI is InChI=1S/C11H13F2NO3S/c1-5(15)18-4-10(16)11(17)6-2-8(13)9(14)3-7(6)12/h2-3,10-11,16-17H,4,14H2,1H3. The van der Waals surface area contributed by atoms with Crippen molar-refractivity contribution in [3.63, 3.8) is 0 Å². The molecule has 1 rings (SSSR count). The minimum Gasteiger partial charge on any atom is -0.396 e. The average molecular weight is 277 g/mol. The molecule has 0 saturated carbocycles. The predicted octanol–water partition coefficient (Wildman–Crippen LogP) is 1.22. The molecule has 100 valence electrons. The van der Waals surface area contributed by atoms with Gasteiger partial charge in [-0.25, -0.2) is 8.78 Å². The molecule has 0 saturated heterocycles. The highest BCUT2D eigenvalue weighted by Crippen LogP contribution is 2.26. The van der Waals surface area contributed by atoms with Crippen molar-refractivity contribution in [2.24, 2.45) is 0 Å². The van der Waals surface area contributed by atoms with Gasteiger partial charge in [0.2, 0.25) is 0 Å². The van der Waals surface area contributed by atoms with E-state index < -0.39 is 29.4 Å². The van der Waals surface area contributed by atoms with Gasteiger partial charge in [0.15, 0.2) is 5.12 Å². The van der Waals surface area contributed by atoms with Crippen LogP contribution in [-0.4, -0.2) is 27.2 Å². The number of carbonyl (C=O) groups excluding carboxylic acids is 1. The first kappa shape index (κ1) is 14.9. The Morgan fingerprint density at radius 1 is 1.39 bits per heavy atom. The molecule has 4 nitrogen and oxygen atoms in total. The molecule has 1 aromatic carbocycles. The predicted molar refractivity (Wildman–Crippen MR) is 64.9 cm³/mol. The fourth-order valence-corrected chi connectivity index (χ4v) is 1.89. The number of halogens is 2. The molecular weight excluding hydrogens is 264 g/mol. The lowest BCUT2D eigenvalue weighted by atomic mass is 10.0. The van der Waals surface area contributed by atoms with Crippen molar-refractivity contribution in [1.29, 1.82) is 0 Å². The Balaban J connectivity index is 2.86. The van der Waals surface area contributed by atoms with Crippen LogP contribution in [0.2, 0.25) is 0 Å². The first-order valence-electron chi connectivity index (χ1n) is 5.06. The van der Waals surface area contributed by atoms with Crippen molar-refractivity contribution >= 4 is 22.6 Å². The lowest BCUT2D eigenvalue weighted by Crippen LogP contribution is -2.22. The molecule has 0 radical (unpaired) electrons. The fourth-order valence-electron chi connectivity index (χ4n) is 1.31. The van der Waals surface area contributed by atoms with Crippen LogP contribution in [0.25, 0.3) is 0 Å². The molecule has 0 amide bonds. The van der Waals surface area contributed by atoms with Gasteiger partial charge in [0.1, 0.15) is 17.7 Å². The van der Waals surface area contributed by atoms with E-state index in [9.17, 15) is 23.8 Å². The third kappa shape index (κ3) is 3.66. The highest BCUT2D eigenvalue weighted by atomic mass is 32.2. The van der Waals surface area contributed by atoms with Gasteiger partial charge in [-0.2, -0.15) is 0 Å². The van der Waals surface area contributed by atoms with Crippen molar-refractivity contribution in [3.05, 3.63) is 29.3 Å². The number of anilines is 1. The zero-order valence-electron chi connectivity index (χ0n) is 9.56. The van der Waals surface area contributed by atoms with Crippen LogP contribution < -0.4 is 5.73 Å². The molecule has 2 unspecified atom stereocenters. The van der Waals surface area contributed by atoms with E-state index in [4.69, 9.17) is 5.73 Å². The molecule has 0 aliphatic carbocycles. The van der Waals surface area contributed by atoms with Crippen LogP contribution in [0.3, 0.4) is 0 Å². The number of benzene rings is 1. The summed E-state index contributed by atoms with van der Waals surface area (Å²) in [7, 11) is 0. The number of nitrogen functional groups attached to an aromatic ring is 1. The zero-order valence-corrected chi connectivity index (χ0v) is 10.4. The van der Waals surface area contributed by atoms with Gasteiger partial charge in [0.25, 0.3) is 0 Å². The number of aliphatic hydroxyl groups is 2. The number of aliphatic hydroxyl groups excluding tert-OH is 2. The SMILES string of the molecule is CC(=O)SCC(O)C(O)c1cc(F)c(N)cc1F. The molecular formula is C11H13F2NO3S. The summed E-state index contributed by atoms with van der Waals surface area (Å²) >= 11 is 0.786. The Hall–Kier alpha value is -1.18. The van der Waals surface area contributed by atoms with Crippen LogP contribution in [0.5, 0.6) is 0 Å². The van der Waals surface area contributed by atoms with Crippen molar-refractivity contribution in [2.45, 2.75) is 19.1 Å². The van der Waals surface area contributed by atoms with E-state index >= 15 is 0 Å². The second kappa shape index (κ2) is 6.12. The van der Waals surface area contributed by atoms with E-state index in [1.807, 2.05) is 0 Å². The first-order valence-corrected chi connectivity index (χ1v) is 6.05. The third-order valence-corrected chi connectivity index (χ3v) is 3.17. The van der Waals surface area contributed by atoms with Crippen molar-refractivity contribution in [1.82, 2.24) is 0 Å². The summed E-state index contributed by atoms with van der Waals surface area (Å²) in [6.07, 6.45) is -3.00. The van der Waals surface area contributed by atoms with E-state index in [1.54, 1.807) is 0 Å². The zero-order chi connectivity index (χ0) is 13.9. The van der Waals surface area contributed by atoms with Crippen LogP contribution in [0.4, 0.5) is 14.5 Å². The van der Waals surface area contributed by atoms with E-state index in [2.05, 4.69) is 0 Å². The summed E-state index contributed by atoms with van der Waals surface area (Å²) < 4.78 is 26.6. The third-order valence-electron chi connectivity index (χ3n) is 2.26. The molecule has 0 fully saturated rings. The normalized spacial score (nSPS) is 14.3. The second-order valence-electron chi connectivity index (χ2n) is 3.71. The summed E-state index contributed by atoms with van der Waals surface area (Å²) in [6, 6.07) is 1.47. The van der Waals surface area contributed by atoms with Crippen molar-refractivity contribution in [3.8, 4) is 0 Å². The van der Waals surface area contributed by atoms with Gasteiger partial charge in [0, 0.05) is 24.3 Å². The topological polar surface area (TPSA) is 83.5 Å². The Bertz CT molecular complexity index is 456. The van der Waals surface area contributed by atoms with Gasteiger partial charge in [0.05, 0.1) is 11.8 Å². The number of hydrogen-bond donors (Lipinski definition) is 3. The lowest BCUT2D eigenvalue weighted by Gasteiger charge is -2.18. The number of nitrogens with two attached hydrogens (primary N) is 1. The summed E-state index contributed by atoms with van der Waals surface area (Å²) in [4.78, 5) is 10.7. The van der Waals surface area contributed by atoms with Crippen molar-refractivity contribution in [2.75, 3.05) is 11.5 Å². The van der Waals surface area contributed by atoms with E-state index in [-0.39, 0.29) is 16.6 Å². The molecule has 18 heavy (non-hydrogen) atoms. The van der Waals surface area contributed by atoms with Crippen LogP contribution in [0, 0.1) is 11.6 Å². The molecule has 0 aromatic heterocycles. The lowest BCUT2D eigenvalue weighted by molar-refractivity contribution is -0.109. The van der Waals surface area contributed by atoms with Crippen LogP contribution in [0.15, 0.2) is 12.1 Å². The molecule has 2 atom stereocenters.